The number of rotatable bonds is 8. The SMILES string of the molecule is COCCN1CC[C@@H](c2ncc(C(=O)NCc3cccc(OC)c3)c(C)n2)C1. The zero-order valence-electron chi connectivity index (χ0n) is 16.8. The van der Waals surface area contributed by atoms with Gasteiger partial charge in [0, 0.05) is 38.9 Å². The summed E-state index contributed by atoms with van der Waals surface area (Å²) in [5.41, 5.74) is 2.20. The van der Waals surface area contributed by atoms with E-state index in [0.29, 0.717) is 23.7 Å². The van der Waals surface area contributed by atoms with Crippen molar-refractivity contribution in [3.8, 4) is 5.75 Å². The van der Waals surface area contributed by atoms with Crippen molar-refractivity contribution in [3.05, 3.63) is 53.1 Å². The second-order valence-corrected chi connectivity index (χ2v) is 7.04. The van der Waals surface area contributed by atoms with Gasteiger partial charge in [0.2, 0.25) is 0 Å². The van der Waals surface area contributed by atoms with Crippen LogP contribution in [0, 0.1) is 6.92 Å². The summed E-state index contributed by atoms with van der Waals surface area (Å²) in [6.07, 6.45) is 2.68. The fraction of sp³-hybridized carbons (Fsp3) is 0.476. The number of nitrogens with one attached hydrogen (secondary N) is 1. The first-order chi connectivity index (χ1) is 13.6. The molecule has 1 aromatic carbocycles. The lowest BCUT2D eigenvalue weighted by Crippen LogP contribution is -2.26. The number of amides is 1. The van der Waals surface area contributed by atoms with Crippen LogP contribution in [0.5, 0.6) is 5.75 Å². The van der Waals surface area contributed by atoms with E-state index in [1.807, 2.05) is 31.2 Å². The zero-order chi connectivity index (χ0) is 19.9. The van der Waals surface area contributed by atoms with Crippen molar-refractivity contribution >= 4 is 5.91 Å². The molecule has 7 heteroatoms. The molecule has 1 saturated heterocycles. The lowest BCUT2D eigenvalue weighted by Gasteiger charge is -2.15. The Balaban J connectivity index is 1.59. The van der Waals surface area contributed by atoms with Crippen molar-refractivity contribution < 1.29 is 14.3 Å². The topological polar surface area (TPSA) is 76.6 Å². The summed E-state index contributed by atoms with van der Waals surface area (Å²) in [6.45, 7) is 5.91. The molecule has 7 nitrogen and oxygen atoms in total. The van der Waals surface area contributed by atoms with Gasteiger partial charge in [-0.15, -0.1) is 0 Å². The molecular formula is C21H28N4O3. The number of hydrogen-bond donors (Lipinski definition) is 1. The van der Waals surface area contributed by atoms with Crippen LogP contribution in [0.3, 0.4) is 0 Å². The summed E-state index contributed by atoms with van der Waals surface area (Å²) in [5, 5.41) is 2.93. The van der Waals surface area contributed by atoms with Crippen LogP contribution in [0.1, 0.15) is 39.8 Å². The number of methoxy groups -OCH3 is 2. The average Bonchev–Trinajstić information content (AvgIpc) is 3.19. The first kappa shape index (κ1) is 20.2. The largest absolute Gasteiger partial charge is 0.497 e. The predicted molar refractivity (Wildman–Crippen MR) is 107 cm³/mol. The minimum Gasteiger partial charge on any atom is -0.497 e. The minimum atomic E-state index is -0.167. The summed E-state index contributed by atoms with van der Waals surface area (Å²) in [4.78, 5) is 24.0. The van der Waals surface area contributed by atoms with E-state index in [1.165, 1.54) is 0 Å². The van der Waals surface area contributed by atoms with Crippen LogP contribution >= 0.6 is 0 Å². The van der Waals surface area contributed by atoms with Crippen LogP contribution in [0.4, 0.5) is 0 Å². The molecule has 2 aromatic rings. The number of aromatic nitrogens is 2. The van der Waals surface area contributed by atoms with Gasteiger partial charge in [-0.25, -0.2) is 9.97 Å². The quantitative estimate of drug-likeness (QED) is 0.752. The van der Waals surface area contributed by atoms with Gasteiger partial charge in [-0.3, -0.25) is 4.79 Å². The monoisotopic (exact) mass is 384 g/mol. The van der Waals surface area contributed by atoms with E-state index in [4.69, 9.17) is 9.47 Å². The molecule has 0 unspecified atom stereocenters. The highest BCUT2D eigenvalue weighted by Gasteiger charge is 2.26. The number of likely N-dealkylation sites (tertiary alicyclic amines) is 1. The van der Waals surface area contributed by atoms with Crippen LogP contribution < -0.4 is 10.1 Å². The van der Waals surface area contributed by atoms with Crippen molar-refractivity contribution in [1.29, 1.82) is 0 Å². The maximum absolute atomic E-state index is 12.6. The van der Waals surface area contributed by atoms with E-state index in [2.05, 4.69) is 20.2 Å². The lowest BCUT2D eigenvalue weighted by molar-refractivity contribution is 0.0949. The second kappa shape index (κ2) is 9.61. The molecule has 1 atom stereocenters. The molecule has 0 aliphatic carbocycles. The van der Waals surface area contributed by atoms with Crippen molar-refractivity contribution in [2.75, 3.05) is 40.5 Å². The third-order valence-corrected chi connectivity index (χ3v) is 5.08. The molecule has 0 saturated carbocycles. The molecular weight excluding hydrogens is 356 g/mol. The number of aryl methyl sites for hydroxylation is 1. The molecule has 3 rings (SSSR count). The van der Waals surface area contributed by atoms with Crippen molar-refractivity contribution in [2.24, 2.45) is 0 Å². The van der Waals surface area contributed by atoms with Crippen LogP contribution in [0.25, 0.3) is 0 Å². The molecule has 28 heavy (non-hydrogen) atoms. The summed E-state index contributed by atoms with van der Waals surface area (Å²) >= 11 is 0. The standard InChI is InChI=1S/C21H28N4O3/c1-15-19(21(26)23-12-16-5-4-6-18(11-16)28-3)13-22-20(24-15)17-7-8-25(14-17)9-10-27-2/h4-6,11,13,17H,7-10,12,14H2,1-3H3,(H,23,26)/t17-/m1/s1. The van der Waals surface area contributed by atoms with E-state index in [0.717, 1.165) is 49.8 Å². The smallest absolute Gasteiger partial charge is 0.254 e. The minimum absolute atomic E-state index is 0.167. The number of ether oxygens (including phenoxy) is 2. The van der Waals surface area contributed by atoms with Gasteiger partial charge in [0.1, 0.15) is 11.6 Å². The van der Waals surface area contributed by atoms with E-state index >= 15 is 0 Å². The predicted octanol–water partition coefficient (Wildman–Crippen LogP) is 2.16. The number of carbonyl (C=O) groups is 1. The fourth-order valence-corrected chi connectivity index (χ4v) is 3.43. The molecule has 0 spiro atoms. The van der Waals surface area contributed by atoms with Gasteiger partial charge < -0.3 is 19.7 Å². The highest BCUT2D eigenvalue weighted by molar-refractivity contribution is 5.94. The van der Waals surface area contributed by atoms with Gasteiger partial charge in [-0.05, 0) is 37.6 Å². The van der Waals surface area contributed by atoms with Crippen LogP contribution in [0.15, 0.2) is 30.5 Å². The number of benzene rings is 1. The van der Waals surface area contributed by atoms with E-state index in [9.17, 15) is 4.79 Å². The summed E-state index contributed by atoms with van der Waals surface area (Å²) in [7, 11) is 3.35. The Hall–Kier alpha value is -2.51. The Kier molecular flexibility index (Phi) is 6.95. The molecule has 1 aliphatic rings. The molecule has 1 aliphatic heterocycles. The van der Waals surface area contributed by atoms with Crippen molar-refractivity contribution in [3.63, 3.8) is 0 Å². The Labute approximate surface area is 166 Å². The molecule has 0 bridgehead atoms. The molecule has 1 N–H and O–H groups in total. The highest BCUT2D eigenvalue weighted by atomic mass is 16.5. The normalized spacial score (nSPS) is 16.9. The van der Waals surface area contributed by atoms with Gasteiger partial charge in [-0.1, -0.05) is 12.1 Å². The Bertz CT molecular complexity index is 812. The summed E-state index contributed by atoms with van der Waals surface area (Å²) in [5.74, 6) is 1.73. The highest BCUT2D eigenvalue weighted by Crippen LogP contribution is 2.24. The third kappa shape index (κ3) is 5.05. The van der Waals surface area contributed by atoms with E-state index < -0.39 is 0 Å². The molecule has 1 aromatic heterocycles. The van der Waals surface area contributed by atoms with Crippen molar-refractivity contribution in [2.45, 2.75) is 25.8 Å². The molecule has 0 radical (unpaired) electrons. The maximum atomic E-state index is 12.6. The Morgan fingerprint density at radius 1 is 1.36 bits per heavy atom. The molecule has 2 heterocycles. The Morgan fingerprint density at radius 3 is 2.96 bits per heavy atom. The van der Waals surface area contributed by atoms with Crippen LogP contribution in [0.2, 0.25) is 0 Å². The maximum Gasteiger partial charge on any atom is 0.254 e. The lowest BCUT2D eigenvalue weighted by atomic mass is 10.1. The number of hydrogen-bond acceptors (Lipinski definition) is 6. The van der Waals surface area contributed by atoms with E-state index in [1.54, 1.807) is 20.4 Å². The zero-order valence-corrected chi connectivity index (χ0v) is 16.8. The number of nitrogens with zero attached hydrogens (tertiary/aromatic N) is 3. The first-order valence-electron chi connectivity index (χ1n) is 9.56. The van der Waals surface area contributed by atoms with Crippen LogP contribution in [-0.2, 0) is 11.3 Å². The van der Waals surface area contributed by atoms with Crippen molar-refractivity contribution in [1.82, 2.24) is 20.2 Å². The molecule has 150 valence electrons. The molecule has 1 amide bonds. The average molecular weight is 384 g/mol. The van der Waals surface area contributed by atoms with Gasteiger partial charge >= 0.3 is 0 Å². The Morgan fingerprint density at radius 2 is 2.21 bits per heavy atom. The third-order valence-electron chi connectivity index (χ3n) is 5.08. The van der Waals surface area contributed by atoms with Gasteiger partial charge in [0.25, 0.3) is 5.91 Å². The summed E-state index contributed by atoms with van der Waals surface area (Å²) < 4.78 is 10.4. The van der Waals surface area contributed by atoms with Gasteiger partial charge in [0.15, 0.2) is 0 Å². The van der Waals surface area contributed by atoms with E-state index in [-0.39, 0.29) is 5.91 Å². The number of carbonyl (C=O) groups excluding carboxylic acids is 1. The molecule has 1 fully saturated rings. The second-order valence-electron chi connectivity index (χ2n) is 7.04. The summed E-state index contributed by atoms with van der Waals surface area (Å²) in [6, 6.07) is 7.63. The van der Waals surface area contributed by atoms with Gasteiger partial charge in [0.05, 0.1) is 25.0 Å². The first-order valence-corrected chi connectivity index (χ1v) is 9.56. The fourth-order valence-electron chi connectivity index (χ4n) is 3.43. The van der Waals surface area contributed by atoms with Crippen LogP contribution in [-0.4, -0.2) is 61.2 Å². The van der Waals surface area contributed by atoms with Gasteiger partial charge in [-0.2, -0.15) is 0 Å².